The number of hydrogen-bond donors (Lipinski definition) is 1. The van der Waals surface area contributed by atoms with Crippen LogP contribution in [0.4, 0.5) is 0 Å². The predicted molar refractivity (Wildman–Crippen MR) is 91.8 cm³/mol. The van der Waals surface area contributed by atoms with Crippen LogP contribution in [0.25, 0.3) is 0 Å². The van der Waals surface area contributed by atoms with Crippen LogP contribution < -0.4 is 9.47 Å². The van der Waals surface area contributed by atoms with E-state index in [0.29, 0.717) is 39.5 Å². The number of ether oxygens (including phenoxy) is 3. The average molecular weight is 350 g/mol. The topological polar surface area (TPSA) is 71.5 Å². The summed E-state index contributed by atoms with van der Waals surface area (Å²) in [5.74, 6) is 1.42. The molecule has 1 N–H and O–H groups in total. The minimum absolute atomic E-state index is 0.0532. The molecule has 1 aromatic rings. The highest BCUT2D eigenvalue weighted by atomic mass is 16.6. The Hall–Kier alpha value is -1.83. The fourth-order valence-corrected chi connectivity index (χ4v) is 3.12. The number of amides is 1. The van der Waals surface area contributed by atoms with Gasteiger partial charge in [0, 0.05) is 33.7 Å². The third kappa shape index (κ3) is 4.62. The van der Waals surface area contributed by atoms with E-state index < -0.39 is 5.60 Å². The molecule has 2 aliphatic heterocycles. The fourth-order valence-electron chi connectivity index (χ4n) is 3.12. The van der Waals surface area contributed by atoms with Gasteiger partial charge in [-0.2, -0.15) is 0 Å². The molecule has 7 nitrogen and oxygen atoms in total. The lowest BCUT2D eigenvalue weighted by Gasteiger charge is -2.31. The van der Waals surface area contributed by atoms with E-state index in [-0.39, 0.29) is 18.9 Å². The van der Waals surface area contributed by atoms with Gasteiger partial charge in [-0.3, -0.25) is 9.69 Å². The van der Waals surface area contributed by atoms with Crippen LogP contribution in [0.3, 0.4) is 0 Å². The molecule has 0 aliphatic carbocycles. The normalized spacial score (nSPS) is 23.8. The summed E-state index contributed by atoms with van der Waals surface area (Å²) in [6.07, 6.45) is 0.0532. The zero-order valence-electron chi connectivity index (χ0n) is 14.9. The lowest BCUT2D eigenvalue weighted by atomic mass is 9.99. The van der Waals surface area contributed by atoms with Gasteiger partial charge in [0.05, 0.1) is 19.6 Å². The van der Waals surface area contributed by atoms with E-state index in [4.69, 9.17) is 14.2 Å². The summed E-state index contributed by atoms with van der Waals surface area (Å²) in [6, 6.07) is 5.90. The van der Waals surface area contributed by atoms with E-state index in [1.807, 2.05) is 18.2 Å². The van der Waals surface area contributed by atoms with Gasteiger partial charge in [-0.25, -0.2) is 0 Å². The Morgan fingerprint density at radius 3 is 2.76 bits per heavy atom. The van der Waals surface area contributed by atoms with Crippen molar-refractivity contribution in [2.45, 2.75) is 18.6 Å². The van der Waals surface area contributed by atoms with Gasteiger partial charge in [-0.05, 0) is 17.7 Å². The van der Waals surface area contributed by atoms with Gasteiger partial charge in [0.2, 0.25) is 5.91 Å². The van der Waals surface area contributed by atoms with Crippen molar-refractivity contribution in [3.8, 4) is 11.5 Å². The zero-order valence-corrected chi connectivity index (χ0v) is 14.9. The second-order valence-electron chi connectivity index (χ2n) is 6.93. The third-order valence-corrected chi connectivity index (χ3v) is 4.43. The molecule has 0 radical (unpaired) electrons. The fraction of sp³-hybridized carbons (Fsp3) is 0.611. The second-order valence-corrected chi connectivity index (χ2v) is 6.93. The lowest BCUT2D eigenvalue weighted by Crippen LogP contribution is -2.47. The van der Waals surface area contributed by atoms with E-state index in [0.717, 1.165) is 17.1 Å². The van der Waals surface area contributed by atoms with Crippen molar-refractivity contribution in [1.29, 1.82) is 0 Å². The summed E-state index contributed by atoms with van der Waals surface area (Å²) < 4.78 is 16.7. The molecular formula is C18H26N2O5. The summed E-state index contributed by atoms with van der Waals surface area (Å²) in [5.41, 5.74) is -0.0986. The molecule has 25 heavy (non-hydrogen) atoms. The minimum Gasteiger partial charge on any atom is -0.486 e. The second kappa shape index (κ2) is 7.59. The van der Waals surface area contributed by atoms with Crippen LogP contribution in [0.15, 0.2) is 18.2 Å². The van der Waals surface area contributed by atoms with Crippen molar-refractivity contribution in [3.05, 3.63) is 23.8 Å². The molecule has 0 bridgehead atoms. The maximum atomic E-state index is 12.0. The number of nitrogens with zero attached hydrogens (tertiary/aromatic N) is 2. The number of hydrogen-bond acceptors (Lipinski definition) is 6. The Morgan fingerprint density at radius 1 is 1.24 bits per heavy atom. The Labute approximate surface area is 148 Å². The first kappa shape index (κ1) is 18.0. The summed E-state index contributed by atoms with van der Waals surface area (Å²) in [5, 5.41) is 10.9. The number of aliphatic hydroxyl groups is 1. The first-order valence-electron chi connectivity index (χ1n) is 8.56. The number of rotatable bonds is 4. The van der Waals surface area contributed by atoms with Crippen LogP contribution in [0, 0.1) is 0 Å². The first-order valence-corrected chi connectivity index (χ1v) is 8.56. The minimum atomic E-state index is -1.17. The van der Waals surface area contributed by atoms with Gasteiger partial charge in [0.25, 0.3) is 0 Å². The number of benzene rings is 1. The van der Waals surface area contributed by atoms with Gasteiger partial charge in [0.15, 0.2) is 11.5 Å². The van der Waals surface area contributed by atoms with Crippen LogP contribution >= 0.6 is 0 Å². The molecule has 0 aromatic heterocycles. The van der Waals surface area contributed by atoms with E-state index in [1.54, 1.807) is 14.1 Å². The number of carbonyl (C=O) groups is 1. The van der Waals surface area contributed by atoms with Crippen LogP contribution in [-0.2, 0) is 16.1 Å². The van der Waals surface area contributed by atoms with Gasteiger partial charge in [0.1, 0.15) is 18.8 Å². The van der Waals surface area contributed by atoms with E-state index >= 15 is 0 Å². The number of carbonyl (C=O) groups excluding carboxylic acids is 1. The van der Waals surface area contributed by atoms with Gasteiger partial charge in [-0.15, -0.1) is 0 Å². The molecule has 0 saturated carbocycles. The zero-order chi connectivity index (χ0) is 17.9. The Bertz CT molecular complexity index is 621. The molecule has 1 fully saturated rings. The number of β-amino-alcohol motifs (C(OH)–C–C–N with tert-alkyl or cyclic N) is 1. The summed E-state index contributed by atoms with van der Waals surface area (Å²) in [6.45, 7) is 3.57. The van der Waals surface area contributed by atoms with E-state index in [1.165, 1.54) is 4.90 Å². The smallest absolute Gasteiger partial charge is 0.225 e. The molecule has 2 heterocycles. The maximum absolute atomic E-state index is 12.0. The molecule has 3 rings (SSSR count). The molecular weight excluding hydrogens is 324 g/mol. The van der Waals surface area contributed by atoms with Gasteiger partial charge >= 0.3 is 0 Å². The van der Waals surface area contributed by atoms with Crippen molar-refractivity contribution >= 4 is 5.91 Å². The van der Waals surface area contributed by atoms with Crippen molar-refractivity contribution in [2.75, 3.05) is 53.6 Å². The van der Waals surface area contributed by atoms with Crippen LogP contribution in [0.1, 0.15) is 12.0 Å². The third-order valence-electron chi connectivity index (χ3n) is 4.43. The van der Waals surface area contributed by atoms with Gasteiger partial charge in [-0.1, -0.05) is 6.07 Å². The average Bonchev–Trinajstić information content (AvgIpc) is 2.76. The first-order chi connectivity index (χ1) is 12.0. The van der Waals surface area contributed by atoms with Crippen LogP contribution in [-0.4, -0.2) is 80.0 Å². The van der Waals surface area contributed by atoms with Gasteiger partial charge < -0.3 is 24.2 Å². The molecule has 2 aliphatic rings. The standard InChI is InChI=1S/C18H26N2O5/c1-19(2)17(21)10-18(22)12-20(5-6-23-13-18)11-14-3-4-15-16(9-14)25-8-7-24-15/h3-4,9,22H,5-8,10-13H2,1-2H3/t18-/m0/s1. The van der Waals surface area contributed by atoms with Crippen LogP contribution in [0.2, 0.25) is 0 Å². The van der Waals surface area contributed by atoms with Crippen molar-refractivity contribution in [2.24, 2.45) is 0 Å². The largest absolute Gasteiger partial charge is 0.486 e. The van der Waals surface area contributed by atoms with E-state index in [9.17, 15) is 9.90 Å². The maximum Gasteiger partial charge on any atom is 0.225 e. The Kier molecular flexibility index (Phi) is 5.46. The SMILES string of the molecule is CN(C)C(=O)C[C@@]1(O)COCCN(Cc2ccc3c(c2)OCCO3)C1. The van der Waals surface area contributed by atoms with Crippen molar-refractivity contribution < 1.29 is 24.1 Å². The molecule has 7 heteroatoms. The molecule has 0 spiro atoms. The monoisotopic (exact) mass is 350 g/mol. The molecule has 1 amide bonds. The highest BCUT2D eigenvalue weighted by Crippen LogP contribution is 2.31. The van der Waals surface area contributed by atoms with Crippen molar-refractivity contribution in [3.63, 3.8) is 0 Å². The van der Waals surface area contributed by atoms with Crippen molar-refractivity contribution in [1.82, 2.24) is 9.80 Å². The highest BCUT2D eigenvalue weighted by molar-refractivity contribution is 5.76. The molecule has 1 atom stereocenters. The molecule has 0 unspecified atom stereocenters. The summed E-state index contributed by atoms with van der Waals surface area (Å²) >= 11 is 0. The molecule has 1 aromatic carbocycles. The predicted octanol–water partition coefficient (Wildman–Crippen LogP) is 0.499. The quantitative estimate of drug-likeness (QED) is 0.853. The Balaban J connectivity index is 1.68. The lowest BCUT2D eigenvalue weighted by molar-refractivity contribution is -0.136. The Morgan fingerprint density at radius 2 is 2.00 bits per heavy atom. The molecule has 1 saturated heterocycles. The highest BCUT2D eigenvalue weighted by Gasteiger charge is 2.35. The van der Waals surface area contributed by atoms with E-state index in [2.05, 4.69) is 4.90 Å². The summed E-state index contributed by atoms with van der Waals surface area (Å²) in [4.78, 5) is 15.6. The molecule has 138 valence electrons. The number of fused-ring (bicyclic) bond motifs is 1. The van der Waals surface area contributed by atoms with Crippen LogP contribution in [0.5, 0.6) is 11.5 Å². The summed E-state index contributed by atoms with van der Waals surface area (Å²) in [7, 11) is 3.38.